The molecule has 2 amide bonds. The summed E-state index contributed by atoms with van der Waals surface area (Å²) < 4.78 is 0. The zero-order valence-corrected chi connectivity index (χ0v) is 12.9. The normalized spacial score (nSPS) is 19.3. The van der Waals surface area contributed by atoms with E-state index in [2.05, 4.69) is 29.4 Å². The van der Waals surface area contributed by atoms with E-state index in [9.17, 15) is 9.59 Å². The van der Waals surface area contributed by atoms with Gasteiger partial charge in [0.25, 0.3) is 0 Å². The molecule has 1 saturated heterocycles. The Hall–Kier alpha value is -1.50. The minimum Gasteiger partial charge on any atom is -0.353 e. The summed E-state index contributed by atoms with van der Waals surface area (Å²) in [7, 11) is 0. The standard InChI is InChI=1S/C13H20N4O2S/c1-8(2)6-10-13(19)14-4-5-17(10)12(18)7-11-16-15-9(3)20-11/h8,10H,4-7H2,1-3H3,(H,14,19). The minimum atomic E-state index is -0.356. The van der Waals surface area contributed by atoms with E-state index in [4.69, 9.17) is 0 Å². The molecule has 1 aromatic heterocycles. The van der Waals surface area contributed by atoms with Gasteiger partial charge in [0.1, 0.15) is 16.1 Å². The highest BCUT2D eigenvalue weighted by atomic mass is 32.1. The maximum Gasteiger partial charge on any atom is 0.242 e. The maximum absolute atomic E-state index is 12.4. The van der Waals surface area contributed by atoms with Gasteiger partial charge in [0, 0.05) is 13.1 Å². The van der Waals surface area contributed by atoms with Crippen molar-refractivity contribution in [1.29, 1.82) is 0 Å². The lowest BCUT2D eigenvalue weighted by Gasteiger charge is -2.35. The van der Waals surface area contributed by atoms with Crippen LogP contribution < -0.4 is 5.32 Å². The molecule has 0 spiro atoms. The molecule has 1 unspecified atom stereocenters. The van der Waals surface area contributed by atoms with E-state index in [1.54, 1.807) is 4.90 Å². The van der Waals surface area contributed by atoms with Crippen molar-refractivity contribution in [2.24, 2.45) is 5.92 Å². The largest absolute Gasteiger partial charge is 0.353 e. The van der Waals surface area contributed by atoms with Crippen LogP contribution in [0.5, 0.6) is 0 Å². The number of piperazine rings is 1. The molecule has 2 heterocycles. The quantitative estimate of drug-likeness (QED) is 0.890. The molecule has 0 aromatic carbocycles. The Balaban J connectivity index is 2.07. The van der Waals surface area contributed by atoms with E-state index < -0.39 is 0 Å². The van der Waals surface area contributed by atoms with E-state index in [1.165, 1.54) is 11.3 Å². The van der Waals surface area contributed by atoms with E-state index in [-0.39, 0.29) is 24.3 Å². The molecule has 1 N–H and O–H groups in total. The van der Waals surface area contributed by atoms with E-state index in [1.807, 2.05) is 6.92 Å². The van der Waals surface area contributed by atoms with Crippen LogP contribution in [0.25, 0.3) is 0 Å². The smallest absolute Gasteiger partial charge is 0.242 e. The molecule has 110 valence electrons. The second kappa shape index (κ2) is 6.30. The highest BCUT2D eigenvalue weighted by molar-refractivity contribution is 7.11. The first-order valence-electron chi connectivity index (χ1n) is 6.83. The molecular formula is C13H20N4O2S. The van der Waals surface area contributed by atoms with Gasteiger partial charge in [-0.3, -0.25) is 9.59 Å². The average molecular weight is 296 g/mol. The summed E-state index contributed by atoms with van der Waals surface area (Å²) in [5.41, 5.74) is 0. The van der Waals surface area contributed by atoms with Gasteiger partial charge in [0.05, 0.1) is 6.42 Å². The van der Waals surface area contributed by atoms with Crippen molar-refractivity contribution in [1.82, 2.24) is 20.4 Å². The molecule has 0 aliphatic carbocycles. The average Bonchev–Trinajstić information content (AvgIpc) is 2.76. The molecule has 6 nitrogen and oxygen atoms in total. The van der Waals surface area contributed by atoms with E-state index in [0.29, 0.717) is 30.4 Å². The second-order valence-electron chi connectivity index (χ2n) is 5.42. The Morgan fingerprint density at radius 1 is 1.50 bits per heavy atom. The fourth-order valence-electron chi connectivity index (χ4n) is 2.33. The van der Waals surface area contributed by atoms with Gasteiger partial charge in [-0.05, 0) is 19.3 Å². The summed E-state index contributed by atoms with van der Waals surface area (Å²) in [6, 6.07) is -0.356. The lowest BCUT2D eigenvalue weighted by molar-refractivity contribution is -0.143. The third-order valence-electron chi connectivity index (χ3n) is 3.22. The Labute approximate surface area is 122 Å². The van der Waals surface area contributed by atoms with Gasteiger partial charge in [-0.25, -0.2) is 0 Å². The predicted molar refractivity (Wildman–Crippen MR) is 76.3 cm³/mol. The number of aromatic nitrogens is 2. The Kier molecular flexibility index (Phi) is 4.69. The van der Waals surface area contributed by atoms with Crippen LogP contribution in [-0.4, -0.2) is 46.0 Å². The molecule has 1 aliphatic rings. The summed E-state index contributed by atoms with van der Waals surface area (Å²) in [6.45, 7) is 7.06. The molecule has 20 heavy (non-hydrogen) atoms. The molecule has 0 saturated carbocycles. The predicted octanol–water partition coefficient (Wildman–Crippen LogP) is 0.762. The van der Waals surface area contributed by atoms with E-state index in [0.717, 1.165) is 5.01 Å². The number of carbonyl (C=O) groups is 2. The van der Waals surface area contributed by atoms with E-state index >= 15 is 0 Å². The van der Waals surface area contributed by atoms with Crippen molar-refractivity contribution in [3.63, 3.8) is 0 Å². The van der Waals surface area contributed by atoms with Crippen molar-refractivity contribution in [2.45, 2.75) is 39.7 Å². The summed E-state index contributed by atoms with van der Waals surface area (Å²) in [4.78, 5) is 26.1. The van der Waals surface area contributed by atoms with Crippen LogP contribution in [0, 0.1) is 12.8 Å². The summed E-state index contributed by atoms with van der Waals surface area (Å²) in [5.74, 6) is 0.274. The first kappa shape index (κ1) is 14.9. The highest BCUT2D eigenvalue weighted by Crippen LogP contribution is 2.17. The fraction of sp³-hybridized carbons (Fsp3) is 0.692. The zero-order chi connectivity index (χ0) is 14.7. The molecule has 2 rings (SSSR count). The Bertz CT molecular complexity index is 500. The lowest BCUT2D eigenvalue weighted by Crippen LogP contribution is -2.57. The van der Waals surface area contributed by atoms with Crippen LogP contribution in [0.3, 0.4) is 0 Å². The van der Waals surface area contributed by atoms with Gasteiger partial charge in [0.2, 0.25) is 11.8 Å². The number of nitrogens with zero attached hydrogens (tertiary/aromatic N) is 3. The first-order chi connectivity index (χ1) is 9.47. The van der Waals surface area contributed by atoms with Crippen molar-refractivity contribution in [2.75, 3.05) is 13.1 Å². The number of hydrogen-bond acceptors (Lipinski definition) is 5. The lowest BCUT2D eigenvalue weighted by atomic mass is 10.00. The Morgan fingerprint density at radius 2 is 2.25 bits per heavy atom. The SMILES string of the molecule is Cc1nnc(CC(=O)N2CCNC(=O)C2CC(C)C)s1. The molecule has 0 radical (unpaired) electrons. The molecule has 1 atom stereocenters. The topological polar surface area (TPSA) is 75.2 Å². The molecule has 7 heteroatoms. The van der Waals surface area contributed by atoms with Crippen LogP contribution in [0.1, 0.15) is 30.3 Å². The number of hydrogen-bond donors (Lipinski definition) is 1. The van der Waals surface area contributed by atoms with Crippen LogP contribution in [0.2, 0.25) is 0 Å². The van der Waals surface area contributed by atoms with Gasteiger partial charge in [0.15, 0.2) is 0 Å². The second-order valence-corrected chi connectivity index (χ2v) is 6.68. The summed E-state index contributed by atoms with van der Waals surface area (Å²) in [5, 5.41) is 12.3. The minimum absolute atomic E-state index is 0.0401. The monoisotopic (exact) mass is 296 g/mol. The number of amides is 2. The van der Waals surface area contributed by atoms with Crippen molar-refractivity contribution in [3.8, 4) is 0 Å². The van der Waals surface area contributed by atoms with Gasteiger partial charge in [-0.15, -0.1) is 21.5 Å². The van der Waals surface area contributed by atoms with Crippen LogP contribution in [0.15, 0.2) is 0 Å². The van der Waals surface area contributed by atoms with Crippen molar-refractivity contribution < 1.29 is 9.59 Å². The highest BCUT2D eigenvalue weighted by Gasteiger charge is 2.33. The molecular weight excluding hydrogens is 276 g/mol. The van der Waals surface area contributed by atoms with Gasteiger partial charge >= 0.3 is 0 Å². The zero-order valence-electron chi connectivity index (χ0n) is 12.0. The first-order valence-corrected chi connectivity index (χ1v) is 7.65. The summed E-state index contributed by atoms with van der Waals surface area (Å²) >= 11 is 1.43. The Morgan fingerprint density at radius 3 is 2.85 bits per heavy atom. The fourth-order valence-corrected chi connectivity index (χ4v) is 3.03. The van der Waals surface area contributed by atoms with Crippen molar-refractivity contribution >= 4 is 23.2 Å². The third-order valence-corrected chi connectivity index (χ3v) is 4.05. The van der Waals surface area contributed by atoms with Crippen LogP contribution >= 0.6 is 11.3 Å². The molecule has 0 bridgehead atoms. The van der Waals surface area contributed by atoms with Gasteiger partial charge in [-0.1, -0.05) is 13.8 Å². The number of carbonyl (C=O) groups excluding carboxylic acids is 2. The van der Waals surface area contributed by atoms with Gasteiger partial charge < -0.3 is 10.2 Å². The van der Waals surface area contributed by atoms with Crippen molar-refractivity contribution in [3.05, 3.63) is 10.0 Å². The molecule has 1 fully saturated rings. The van der Waals surface area contributed by atoms with Crippen LogP contribution in [-0.2, 0) is 16.0 Å². The summed E-state index contributed by atoms with van der Waals surface area (Å²) in [6.07, 6.45) is 0.917. The maximum atomic E-state index is 12.4. The molecule has 1 aliphatic heterocycles. The van der Waals surface area contributed by atoms with Crippen LogP contribution in [0.4, 0.5) is 0 Å². The molecule has 1 aromatic rings. The number of rotatable bonds is 4. The number of aryl methyl sites for hydroxylation is 1. The van der Waals surface area contributed by atoms with Gasteiger partial charge in [-0.2, -0.15) is 0 Å². The third kappa shape index (κ3) is 3.53. The number of nitrogens with one attached hydrogen (secondary N) is 1.